The Balaban J connectivity index is 2.17. The highest BCUT2D eigenvalue weighted by molar-refractivity contribution is 6.04. The van der Waals surface area contributed by atoms with Crippen LogP contribution in [0.2, 0.25) is 0 Å². The second-order valence-corrected chi connectivity index (χ2v) is 4.00. The van der Waals surface area contributed by atoms with Crippen molar-refractivity contribution in [3.05, 3.63) is 64.0 Å². The summed E-state index contributed by atoms with van der Waals surface area (Å²) in [4.78, 5) is 21.8. The SMILES string of the molecule is Nc1ccc(C(=O)Nc2ccc([N+](=O)[O-])cc2)c(F)c1. The van der Waals surface area contributed by atoms with E-state index < -0.39 is 16.6 Å². The summed E-state index contributed by atoms with van der Waals surface area (Å²) in [7, 11) is 0. The second kappa shape index (κ2) is 5.35. The Labute approximate surface area is 113 Å². The van der Waals surface area contributed by atoms with Gasteiger partial charge >= 0.3 is 0 Å². The first-order chi connectivity index (χ1) is 9.47. The average Bonchev–Trinajstić information content (AvgIpc) is 2.39. The maximum Gasteiger partial charge on any atom is 0.269 e. The number of nitro groups is 1. The number of rotatable bonds is 3. The minimum atomic E-state index is -0.732. The molecule has 2 aromatic carbocycles. The van der Waals surface area contributed by atoms with Gasteiger partial charge in [0.25, 0.3) is 11.6 Å². The molecule has 0 bridgehead atoms. The average molecular weight is 275 g/mol. The molecule has 0 aliphatic carbocycles. The van der Waals surface area contributed by atoms with Gasteiger partial charge in [-0.25, -0.2) is 4.39 Å². The van der Waals surface area contributed by atoms with Crippen LogP contribution in [0.3, 0.4) is 0 Å². The van der Waals surface area contributed by atoms with Crippen LogP contribution in [0, 0.1) is 15.9 Å². The van der Waals surface area contributed by atoms with Gasteiger partial charge < -0.3 is 11.1 Å². The number of nitrogen functional groups attached to an aromatic ring is 1. The number of anilines is 2. The summed E-state index contributed by atoms with van der Waals surface area (Å²) in [6.45, 7) is 0. The van der Waals surface area contributed by atoms with Crippen molar-refractivity contribution in [1.82, 2.24) is 0 Å². The maximum atomic E-state index is 13.5. The molecule has 0 fully saturated rings. The number of carbonyl (C=O) groups excluding carboxylic acids is 1. The highest BCUT2D eigenvalue weighted by Gasteiger charge is 2.12. The lowest BCUT2D eigenvalue weighted by molar-refractivity contribution is -0.384. The minimum Gasteiger partial charge on any atom is -0.399 e. The summed E-state index contributed by atoms with van der Waals surface area (Å²) in [6.07, 6.45) is 0. The van der Waals surface area contributed by atoms with E-state index >= 15 is 0 Å². The Kier molecular flexibility index (Phi) is 3.60. The molecule has 0 saturated carbocycles. The van der Waals surface area contributed by atoms with Crippen LogP contribution in [0.25, 0.3) is 0 Å². The van der Waals surface area contributed by atoms with Crippen molar-refractivity contribution >= 4 is 23.0 Å². The summed E-state index contributed by atoms with van der Waals surface area (Å²) >= 11 is 0. The number of nitro benzene ring substituents is 1. The summed E-state index contributed by atoms with van der Waals surface area (Å²) < 4.78 is 13.5. The van der Waals surface area contributed by atoms with Crippen molar-refractivity contribution in [1.29, 1.82) is 0 Å². The Hall–Kier alpha value is -2.96. The topological polar surface area (TPSA) is 98.3 Å². The first-order valence-corrected chi connectivity index (χ1v) is 5.58. The van der Waals surface area contributed by atoms with E-state index in [9.17, 15) is 19.3 Å². The Morgan fingerprint density at radius 1 is 1.20 bits per heavy atom. The van der Waals surface area contributed by atoms with Gasteiger partial charge in [0.15, 0.2) is 0 Å². The molecule has 0 radical (unpaired) electrons. The van der Waals surface area contributed by atoms with E-state index in [4.69, 9.17) is 5.73 Å². The van der Waals surface area contributed by atoms with Gasteiger partial charge in [-0.3, -0.25) is 14.9 Å². The number of non-ortho nitro benzene ring substituents is 1. The third-order valence-corrected chi connectivity index (χ3v) is 2.57. The van der Waals surface area contributed by atoms with Gasteiger partial charge in [-0.1, -0.05) is 0 Å². The van der Waals surface area contributed by atoms with Gasteiger partial charge in [0.1, 0.15) is 5.82 Å². The minimum absolute atomic E-state index is 0.0957. The Morgan fingerprint density at radius 2 is 1.85 bits per heavy atom. The van der Waals surface area contributed by atoms with Crippen molar-refractivity contribution in [2.24, 2.45) is 0 Å². The number of hydrogen-bond donors (Lipinski definition) is 2. The fourth-order valence-corrected chi connectivity index (χ4v) is 1.58. The monoisotopic (exact) mass is 275 g/mol. The Morgan fingerprint density at radius 3 is 2.40 bits per heavy atom. The molecule has 0 unspecified atom stereocenters. The van der Waals surface area contributed by atoms with Gasteiger partial charge in [0.2, 0.25) is 0 Å². The molecule has 0 atom stereocenters. The maximum absolute atomic E-state index is 13.5. The van der Waals surface area contributed by atoms with E-state index in [-0.39, 0.29) is 16.9 Å². The molecule has 0 aromatic heterocycles. The normalized spacial score (nSPS) is 10.1. The molecule has 2 rings (SSSR count). The zero-order valence-corrected chi connectivity index (χ0v) is 10.2. The molecule has 0 spiro atoms. The van der Waals surface area contributed by atoms with Crippen LogP contribution in [0.5, 0.6) is 0 Å². The third kappa shape index (κ3) is 2.89. The van der Waals surface area contributed by atoms with Crippen molar-refractivity contribution in [3.63, 3.8) is 0 Å². The highest BCUT2D eigenvalue weighted by atomic mass is 19.1. The lowest BCUT2D eigenvalue weighted by atomic mass is 10.1. The van der Waals surface area contributed by atoms with E-state index in [1.165, 1.54) is 36.4 Å². The van der Waals surface area contributed by atoms with E-state index in [2.05, 4.69) is 5.32 Å². The number of carbonyl (C=O) groups is 1. The largest absolute Gasteiger partial charge is 0.399 e. The van der Waals surface area contributed by atoms with E-state index in [1.807, 2.05) is 0 Å². The van der Waals surface area contributed by atoms with Crippen LogP contribution in [0.1, 0.15) is 10.4 Å². The molecule has 1 amide bonds. The predicted molar refractivity (Wildman–Crippen MR) is 71.9 cm³/mol. The van der Waals surface area contributed by atoms with Crippen molar-refractivity contribution in [3.8, 4) is 0 Å². The smallest absolute Gasteiger partial charge is 0.269 e. The second-order valence-electron chi connectivity index (χ2n) is 4.00. The Bertz CT molecular complexity index is 671. The first-order valence-electron chi connectivity index (χ1n) is 5.58. The van der Waals surface area contributed by atoms with Gasteiger partial charge in [0, 0.05) is 23.5 Å². The summed E-state index contributed by atoms with van der Waals surface area (Å²) in [5, 5.41) is 12.9. The molecule has 0 aliphatic heterocycles. The van der Waals surface area contributed by atoms with E-state index in [0.717, 1.165) is 6.07 Å². The molecular formula is C13H10FN3O3. The van der Waals surface area contributed by atoms with Crippen molar-refractivity contribution < 1.29 is 14.1 Å². The first kappa shape index (κ1) is 13.5. The summed E-state index contributed by atoms with van der Waals surface area (Å²) in [5.74, 6) is -1.39. The van der Waals surface area contributed by atoms with Gasteiger partial charge in [-0.2, -0.15) is 0 Å². The quantitative estimate of drug-likeness (QED) is 0.511. The fourth-order valence-electron chi connectivity index (χ4n) is 1.58. The number of halogens is 1. The lowest BCUT2D eigenvalue weighted by Crippen LogP contribution is -2.13. The van der Waals surface area contributed by atoms with Gasteiger partial charge in [0.05, 0.1) is 10.5 Å². The molecule has 0 heterocycles. The molecular weight excluding hydrogens is 265 g/mol. The molecule has 6 nitrogen and oxygen atoms in total. The van der Waals surface area contributed by atoms with Crippen LogP contribution in [-0.2, 0) is 0 Å². The zero-order valence-electron chi connectivity index (χ0n) is 10.2. The van der Waals surface area contributed by atoms with Crippen LogP contribution in [0.15, 0.2) is 42.5 Å². The third-order valence-electron chi connectivity index (χ3n) is 2.57. The number of amides is 1. The number of benzene rings is 2. The van der Waals surface area contributed by atoms with Crippen LogP contribution in [-0.4, -0.2) is 10.8 Å². The zero-order chi connectivity index (χ0) is 14.7. The van der Waals surface area contributed by atoms with E-state index in [1.54, 1.807) is 0 Å². The predicted octanol–water partition coefficient (Wildman–Crippen LogP) is 2.57. The molecule has 0 aliphatic rings. The molecule has 0 saturated heterocycles. The standard InChI is InChI=1S/C13H10FN3O3/c14-12-7-8(15)1-6-11(12)13(18)16-9-2-4-10(5-3-9)17(19)20/h1-7H,15H2,(H,16,18). The van der Waals surface area contributed by atoms with Crippen LogP contribution in [0.4, 0.5) is 21.5 Å². The summed E-state index contributed by atoms with van der Waals surface area (Å²) in [5.41, 5.74) is 5.69. The van der Waals surface area contributed by atoms with Crippen LogP contribution >= 0.6 is 0 Å². The van der Waals surface area contributed by atoms with Gasteiger partial charge in [-0.15, -0.1) is 0 Å². The van der Waals surface area contributed by atoms with Crippen molar-refractivity contribution in [2.75, 3.05) is 11.1 Å². The van der Waals surface area contributed by atoms with Gasteiger partial charge in [-0.05, 0) is 30.3 Å². The van der Waals surface area contributed by atoms with Crippen molar-refractivity contribution in [2.45, 2.75) is 0 Å². The summed E-state index contributed by atoms with van der Waals surface area (Å²) in [6, 6.07) is 8.95. The lowest BCUT2D eigenvalue weighted by Gasteiger charge is -2.06. The molecule has 3 N–H and O–H groups in total. The number of nitrogens with two attached hydrogens (primary N) is 1. The van der Waals surface area contributed by atoms with Crippen LogP contribution < -0.4 is 11.1 Å². The molecule has 20 heavy (non-hydrogen) atoms. The highest BCUT2D eigenvalue weighted by Crippen LogP contribution is 2.17. The molecule has 102 valence electrons. The number of nitrogens with zero attached hydrogens (tertiary/aromatic N) is 1. The molecule has 2 aromatic rings. The molecule has 7 heteroatoms. The number of hydrogen-bond acceptors (Lipinski definition) is 4. The van der Waals surface area contributed by atoms with E-state index in [0.29, 0.717) is 5.69 Å². The fraction of sp³-hybridized carbons (Fsp3) is 0. The number of nitrogens with one attached hydrogen (secondary N) is 1.